The Labute approximate surface area is 95.5 Å². The van der Waals surface area contributed by atoms with Gasteiger partial charge in [0.25, 0.3) is 0 Å². The number of carbonyl (C=O) groups is 1. The molecule has 0 aliphatic carbocycles. The summed E-state index contributed by atoms with van der Waals surface area (Å²) in [5.41, 5.74) is -0.771. The van der Waals surface area contributed by atoms with E-state index < -0.39 is 5.60 Å². The van der Waals surface area contributed by atoms with Gasteiger partial charge < -0.3 is 20.5 Å². The molecule has 0 aromatic heterocycles. The Hall–Kier alpha value is -0.650. The molecule has 1 atom stereocenters. The molecular formula is C11H20N2O3. The Kier molecular flexibility index (Phi) is 3.78. The largest absolute Gasteiger partial charge is 0.388 e. The summed E-state index contributed by atoms with van der Waals surface area (Å²) in [7, 11) is 0. The number of carbonyl (C=O) groups excluding carboxylic acids is 1. The summed E-state index contributed by atoms with van der Waals surface area (Å²) < 4.78 is 5.19. The van der Waals surface area contributed by atoms with E-state index in [1.807, 2.05) is 0 Å². The van der Waals surface area contributed by atoms with Crippen LogP contribution in [-0.2, 0) is 9.53 Å². The van der Waals surface area contributed by atoms with Crippen LogP contribution in [0.4, 0.5) is 0 Å². The number of ether oxygens (including phenoxy) is 1. The third kappa shape index (κ3) is 2.93. The molecule has 2 rings (SSSR count). The van der Waals surface area contributed by atoms with Crippen LogP contribution in [-0.4, -0.2) is 49.0 Å². The van der Waals surface area contributed by atoms with Gasteiger partial charge in [-0.3, -0.25) is 4.79 Å². The smallest absolute Gasteiger partial charge is 0.237 e. The normalized spacial score (nSPS) is 28.9. The quantitative estimate of drug-likeness (QED) is 0.603. The number of amides is 1. The number of aliphatic hydroxyl groups is 1. The Morgan fingerprint density at radius 3 is 2.88 bits per heavy atom. The third-order valence-electron chi connectivity index (χ3n) is 3.39. The number of nitrogens with one attached hydrogen (secondary N) is 2. The van der Waals surface area contributed by atoms with Crippen molar-refractivity contribution >= 4 is 5.91 Å². The molecule has 2 aliphatic heterocycles. The van der Waals surface area contributed by atoms with Crippen LogP contribution in [0.1, 0.15) is 25.7 Å². The first kappa shape index (κ1) is 11.8. The zero-order chi connectivity index (χ0) is 11.4. The highest BCUT2D eigenvalue weighted by molar-refractivity contribution is 5.82. The maximum atomic E-state index is 11.7. The summed E-state index contributed by atoms with van der Waals surface area (Å²) in [6.07, 6.45) is 3.15. The van der Waals surface area contributed by atoms with Crippen molar-refractivity contribution in [1.82, 2.24) is 10.6 Å². The van der Waals surface area contributed by atoms with Crippen LogP contribution < -0.4 is 10.6 Å². The number of rotatable bonds is 3. The topological polar surface area (TPSA) is 70.6 Å². The van der Waals surface area contributed by atoms with Crippen molar-refractivity contribution < 1.29 is 14.6 Å². The predicted molar refractivity (Wildman–Crippen MR) is 59.0 cm³/mol. The fourth-order valence-electron chi connectivity index (χ4n) is 2.21. The zero-order valence-electron chi connectivity index (χ0n) is 9.50. The molecule has 0 saturated carbocycles. The summed E-state index contributed by atoms with van der Waals surface area (Å²) >= 11 is 0. The van der Waals surface area contributed by atoms with Gasteiger partial charge in [-0.15, -0.1) is 0 Å². The van der Waals surface area contributed by atoms with Gasteiger partial charge >= 0.3 is 0 Å². The van der Waals surface area contributed by atoms with E-state index in [0.717, 1.165) is 19.4 Å². The summed E-state index contributed by atoms with van der Waals surface area (Å²) in [4.78, 5) is 11.7. The first-order valence-corrected chi connectivity index (χ1v) is 6.01. The molecule has 92 valence electrons. The second kappa shape index (κ2) is 5.12. The zero-order valence-corrected chi connectivity index (χ0v) is 9.50. The second-order valence-electron chi connectivity index (χ2n) is 4.70. The fraction of sp³-hybridized carbons (Fsp3) is 0.909. The van der Waals surface area contributed by atoms with E-state index in [-0.39, 0.29) is 11.9 Å². The lowest BCUT2D eigenvalue weighted by Gasteiger charge is -2.32. The average Bonchev–Trinajstić information content (AvgIpc) is 2.80. The van der Waals surface area contributed by atoms with Gasteiger partial charge in [-0.05, 0) is 19.4 Å². The molecule has 3 N–H and O–H groups in total. The van der Waals surface area contributed by atoms with E-state index in [1.165, 1.54) is 0 Å². The third-order valence-corrected chi connectivity index (χ3v) is 3.39. The average molecular weight is 228 g/mol. The summed E-state index contributed by atoms with van der Waals surface area (Å²) in [5.74, 6) is 0.0115. The lowest BCUT2D eigenvalue weighted by molar-refractivity contribution is -0.125. The van der Waals surface area contributed by atoms with E-state index in [9.17, 15) is 9.90 Å². The van der Waals surface area contributed by atoms with Gasteiger partial charge in [-0.2, -0.15) is 0 Å². The lowest BCUT2D eigenvalue weighted by Crippen LogP contribution is -2.50. The summed E-state index contributed by atoms with van der Waals surface area (Å²) in [5, 5.41) is 16.1. The minimum Gasteiger partial charge on any atom is -0.388 e. The molecular weight excluding hydrogens is 208 g/mol. The SMILES string of the molecule is O=C(NCC1(O)CCOCC1)[C@H]1CCCN1. The van der Waals surface area contributed by atoms with Crippen molar-refractivity contribution in [2.24, 2.45) is 0 Å². The molecule has 16 heavy (non-hydrogen) atoms. The van der Waals surface area contributed by atoms with Gasteiger partial charge in [0.15, 0.2) is 0 Å². The molecule has 0 aromatic carbocycles. The maximum absolute atomic E-state index is 11.7. The standard InChI is InChI=1S/C11H20N2O3/c14-10(9-2-1-5-12-9)13-8-11(15)3-6-16-7-4-11/h9,12,15H,1-8H2,(H,13,14)/t9-/m1/s1. The first-order chi connectivity index (χ1) is 7.70. The number of hydrogen-bond donors (Lipinski definition) is 3. The molecule has 2 saturated heterocycles. The van der Waals surface area contributed by atoms with E-state index >= 15 is 0 Å². The van der Waals surface area contributed by atoms with E-state index in [1.54, 1.807) is 0 Å². The Morgan fingerprint density at radius 2 is 2.25 bits per heavy atom. The molecule has 2 fully saturated rings. The van der Waals surface area contributed by atoms with Crippen molar-refractivity contribution in [1.29, 1.82) is 0 Å². The van der Waals surface area contributed by atoms with Crippen LogP contribution >= 0.6 is 0 Å². The van der Waals surface area contributed by atoms with Crippen LogP contribution in [0.3, 0.4) is 0 Å². The highest BCUT2D eigenvalue weighted by Crippen LogP contribution is 2.19. The minimum atomic E-state index is -0.771. The van der Waals surface area contributed by atoms with Gasteiger partial charge in [-0.25, -0.2) is 0 Å². The highest BCUT2D eigenvalue weighted by atomic mass is 16.5. The minimum absolute atomic E-state index is 0.0115. The molecule has 0 unspecified atom stereocenters. The van der Waals surface area contributed by atoms with E-state index in [0.29, 0.717) is 32.6 Å². The lowest BCUT2D eigenvalue weighted by atomic mass is 9.94. The van der Waals surface area contributed by atoms with Crippen LogP contribution in [0.5, 0.6) is 0 Å². The van der Waals surface area contributed by atoms with Crippen LogP contribution in [0.15, 0.2) is 0 Å². The molecule has 0 bridgehead atoms. The molecule has 5 nitrogen and oxygen atoms in total. The molecule has 1 amide bonds. The Bertz CT molecular complexity index is 246. The summed E-state index contributed by atoms with van der Waals surface area (Å²) in [6, 6.07) is -0.0663. The first-order valence-electron chi connectivity index (χ1n) is 6.01. The van der Waals surface area contributed by atoms with Gasteiger partial charge in [0, 0.05) is 32.6 Å². The second-order valence-corrected chi connectivity index (χ2v) is 4.70. The van der Waals surface area contributed by atoms with Crippen LogP contribution in [0.2, 0.25) is 0 Å². The molecule has 0 aromatic rings. The van der Waals surface area contributed by atoms with Crippen LogP contribution in [0.25, 0.3) is 0 Å². The fourth-order valence-corrected chi connectivity index (χ4v) is 2.21. The van der Waals surface area contributed by atoms with Gasteiger partial charge in [-0.1, -0.05) is 0 Å². The molecule has 5 heteroatoms. The summed E-state index contributed by atoms with van der Waals surface area (Å²) in [6.45, 7) is 2.41. The molecule has 2 aliphatic rings. The molecule has 0 spiro atoms. The van der Waals surface area contributed by atoms with Crippen LogP contribution in [0, 0.1) is 0 Å². The van der Waals surface area contributed by atoms with Gasteiger partial charge in [0.1, 0.15) is 0 Å². The van der Waals surface area contributed by atoms with Gasteiger partial charge in [0.2, 0.25) is 5.91 Å². The van der Waals surface area contributed by atoms with Crippen molar-refractivity contribution in [3.05, 3.63) is 0 Å². The Morgan fingerprint density at radius 1 is 1.50 bits per heavy atom. The Balaban J connectivity index is 1.75. The van der Waals surface area contributed by atoms with Crippen molar-refractivity contribution in [2.45, 2.75) is 37.3 Å². The van der Waals surface area contributed by atoms with E-state index in [2.05, 4.69) is 10.6 Å². The number of hydrogen-bond acceptors (Lipinski definition) is 4. The van der Waals surface area contributed by atoms with Crippen molar-refractivity contribution in [3.63, 3.8) is 0 Å². The monoisotopic (exact) mass is 228 g/mol. The predicted octanol–water partition coefficient (Wildman–Crippen LogP) is -0.604. The van der Waals surface area contributed by atoms with Crippen molar-refractivity contribution in [2.75, 3.05) is 26.3 Å². The van der Waals surface area contributed by atoms with Gasteiger partial charge in [0.05, 0.1) is 11.6 Å². The van der Waals surface area contributed by atoms with Crippen molar-refractivity contribution in [3.8, 4) is 0 Å². The molecule has 0 radical (unpaired) electrons. The molecule has 2 heterocycles. The highest BCUT2D eigenvalue weighted by Gasteiger charge is 2.31. The maximum Gasteiger partial charge on any atom is 0.237 e. The van der Waals surface area contributed by atoms with E-state index in [4.69, 9.17) is 4.74 Å².